The topological polar surface area (TPSA) is 252 Å². The molecule has 2 aliphatic carbocycles. The van der Waals surface area contributed by atoms with Crippen molar-refractivity contribution >= 4 is 63.2 Å². The lowest BCUT2D eigenvalue weighted by atomic mass is 9.78. The molecule has 18 nitrogen and oxygen atoms in total. The molecule has 10 atom stereocenters. The maximum Gasteiger partial charge on any atom is 0.312 e. The van der Waals surface area contributed by atoms with E-state index in [-0.39, 0.29) is 75.2 Å². The van der Waals surface area contributed by atoms with Crippen LogP contribution >= 0.6 is 11.6 Å². The van der Waals surface area contributed by atoms with Gasteiger partial charge in [-0.25, -0.2) is 4.39 Å². The summed E-state index contributed by atoms with van der Waals surface area (Å²) < 4.78 is 41.8. The number of rotatable bonds is 7. The van der Waals surface area contributed by atoms with Crippen LogP contribution < -0.4 is 25.7 Å². The van der Waals surface area contributed by atoms with Crippen LogP contribution in [0.5, 0.6) is 11.5 Å². The summed E-state index contributed by atoms with van der Waals surface area (Å²) in [5.74, 6) is -11.6. The highest BCUT2D eigenvalue weighted by molar-refractivity contribution is 6.38. The molecule has 4 aliphatic heterocycles. The number of esters is 1. The minimum Gasteiger partial charge on any atom is -0.508 e. The number of hydrogen-bond donors (Lipinski definition) is 6. The molecule has 1 amide bonds. The summed E-state index contributed by atoms with van der Waals surface area (Å²) in [6.45, 7) is 15.7. The summed E-state index contributed by atoms with van der Waals surface area (Å²) in [6.07, 6.45) is 6.15. The number of carbonyl (C=O) groups is 5. The fraction of sp³-hybridized carbons (Fsp3) is 0.455. The van der Waals surface area contributed by atoms with Gasteiger partial charge >= 0.3 is 11.8 Å². The molecule has 0 radical (unpaired) electrons. The molecular formula is C55H62ClFN4O14. The number of phenolic OH excluding ortho intramolecular Hbond substituents is 1. The number of fused-ring (bicyclic) bond motifs is 15. The van der Waals surface area contributed by atoms with Gasteiger partial charge in [-0.05, 0) is 45.3 Å². The highest BCUT2D eigenvalue weighted by atomic mass is 35.5. The summed E-state index contributed by atoms with van der Waals surface area (Å²) in [6, 6.07) is 0.255. The number of pyridine rings is 1. The van der Waals surface area contributed by atoms with Gasteiger partial charge in [-0.1, -0.05) is 64.1 Å². The second kappa shape index (κ2) is 20.7. The second-order valence-electron chi connectivity index (χ2n) is 20.5. The van der Waals surface area contributed by atoms with Gasteiger partial charge < -0.3 is 59.5 Å². The Morgan fingerprint density at radius 3 is 2.32 bits per heavy atom. The number of aromatic hydroxyl groups is 1. The van der Waals surface area contributed by atoms with Gasteiger partial charge in [-0.2, -0.15) is 0 Å². The van der Waals surface area contributed by atoms with Crippen molar-refractivity contribution in [2.75, 3.05) is 25.1 Å². The number of allylic oxidation sites excluding steroid dienone is 4. The Balaban J connectivity index is 1.21. The number of benzene rings is 2. The van der Waals surface area contributed by atoms with Gasteiger partial charge in [-0.3, -0.25) is 28.8 Å². The normalized spacial score (nSPS) is 30.1. The molecule has 1 saturated heterocycles. The summed E-state index contributed by atoms with van der Waals surface area (Å²) in [5.41, 5.74) is -3.01. The Hall–Kier alpha value is -6.80. The number of nitrogens with zero attached hydrogens (tertiary/aromatic N) is 2. The number of anilines is 1. The third-order valence-corrected chi connectivity index (χ3v) is 15.6. The minimum absolute atomic E-state index is 0.0248. The first-order valence-corrected chi connectivity index (χ1v) is 25.2. The van der Waals surface area contributed by atoms with E-state index in [1.54, 1.807) is 43.2 Å². The number of amides is 1. The van der Waals surface area contributed by atoms with E-state index in [0.29, 0.717) is 0 Å². The Morgan fingerprint density at radius 1 is 0.987 bits per heavy atom. The highest BCUT2D eigenvalue weighted by Crippen LogP contribution is 2.49. The molecule has 20 heteroatoms. The summed E-state index contributed by atoms with van der Waals surface area (Å²) in [7, 11) is 1.40. The zero-order valence-corrected chi connectivity index (χ0v) is 43.8. The number of halogens is 2. The Labute approximate surface area is 437 Å². The number of aliphatic hydroxyl groups excluding tert-OH is 3. The van der Waals surface area contributed by atoms with E-state index < -0.39 is 134 Å². The molecule has 6 aliphatic rings. The molecule has 2 aromatic carbocycles. The molecule has 0 spiro atoms. The first-order valence-electron chi connectivity index (χ1n) is 24.8. The van der Waals surface area contributed by atoms with Crippen LogP contribution in [0.25, 0.3) is 16.7 Å². The van der Waals surface area contributed by atoms with Crippen LogP contribution in [0.4, 0.5) is 10.1 Å². The molecule has 1 aromatic heterocycles. The molecule has 6 N–H and O–H groups in total. The van der Waals surface area contributed by atoms with Crippen LogP contribution in [0.3, 0.4) is 0 Å². The number of ketones is 3. The molecular weight excluding hydrogens is 995 g/mol. The van der Waals surface area contributed by atoms with Gasteiger partial charge in [0.25, 0.3) is 11.7 Å². The number of nitrogens with one attached hydrogen (secondary N) is 2. The number of aromatic nitrogens is 1. The number of aliphatic hydroxyl groups is 3. The molecule has 75 heavy (non-hydrogen) atoms. The largest absolute Gasteiger partial charge is 0.508 e. The molecule has 3 aromatic rings. The predicted octanol–water partition coefficient (Wildman–Crippen LogP) is 6.80. The van der Waals surface area contributed by atoms with Crippen molar-refractivity contribution in [3.8, 4) is 11.5 Å². The van der Waals surface area contributed by atoms with E-state index in [1.165, 1.54) is 59.2 Å². The SMILES string of the molecule is C=C(O)c1cn(C2CC2)c2c(Cl)c(N3CCC(NC4=C5NC(=O)/C(C)=C\C=C\[C@H](C)[C@H](O)[C@@H](C)[C@@H](O)[C@@H](C)[C@H](OC(C)=O)[C@H](C)[C@@H](OC)/C=C/O[C@@]6(C)Oc7c(C)c(O)c(c(c7C6=O)C4=O)C5=O)C3)c(F)cc2c1=O. The van der Waals surface area contributed by atoms with E-state index in [9.17, 15) is 44.4 Å². The van der Waals surface area contributed by atoms with Crippen molar-refractivity contribution in [3.05, 3.63) is 115 Å². The number of Topliss-reactive ketones (excluding diaryl/α,β-unsaturated/α-hetero) is 3. The van der Waals surface area contributed by atoms with E-state index in [1.807, 2.05) is 0 Å². The lowest BCUT2D eigenvalue weighted by molar-refractivity contribution is -0.160. The van der Waals surface area contributed by atoms with Gasteiger partial charge in [0.1, 0.15) is 40.6 Å². The minimum atomic E-state index is -2.20. The van der Waals surface area contributed by atoms with Crippen LogP contribution in [0.1, 0.15) is 116 Å². The average molecular weight is 1060 g/mol. The number of methoxy groups -OCH3 is 1. The number of hydrogen-bond acceptors (Lipinski definition) is 16. The number of phenols is 1. The third-order valence-electron chi connectivity index (χ3n) is 15.2. The van der Waals surface area contributed by atoms with Crippen molar-refractivity contribution in [1.29, 1.82) is 0 Å². The first-order chi connectivity index (χ1) is 35.3. The Morgan fingerprint density at radius 2 is 1.68 bits per heavy atom. The van der Waals surface area contributed by atoms with Crippen molar-refractivity contribution < 1.29 is 67.7 Å². The number of carbonyl (C=O) groups excluding carboxylic acids is 5. The molecule has 1 saturated carbocycles. The van der Waals surface area contributed by atoms with Crippen LogP contribution in [0.15, 0.2) is 71.2 Å². The molecule has 9 rings (SSSR count). The van der Waals surface area contributed by atoms with Crippen LogP contribution in [0, 0.1) is 36.4 Å². The van der Waals surface area contributed by atoms with Crippen LogP contribution in [0.2, 0.25) is 5.02 Å². The van der Waals surface area contributed by atoms with E-state index in [0.717, 1.165) is 25.2 Å². The van der Waals surface area contributed by atoms with Gasteiger partial charge in [0.2, 0.25) is 11.6 Å². The standard InChI is InChI=1S/C55H62ClFN4O14/c1-23-12-11-13-24(2)54(71)59-42-41(58-31-16-18-60(21-31)44-35(57)20-33-43(40(44)56)61(32-14-15-32)22-34(29(7)62)48(33)67)49(68)37-38(50(42)69)47(66)28(6)52-39(37)53(70)55(9,75-52)73-19-17-36(72-10)25(3)51(74-30(8)63)27(5)46(65)26(4)45(23)64/h11-13,17,19-20,22-23,25-27,31-32,36,45-46,51,58,62,64-66H,7,14-16,18,21H2,1-6,8-10H3,(H,59,71)/b12-11+,19-17+,24-13-/t23-,25+,26+,27+,31?,36-,45-,46+,51+,55-/m0/s1. The van der Waals surface area contributed by atoms with E-state index in [2.05, 4.69) is 17.2 Å². The zero-order chi connectivity index (χ0) is 54.9. The van der Waals surface area contributed by atoms with E-state index in [4.69, 9.17) is 30.5 Å². The van der Waals surface area contributed by atoms with Crippen molar-refractivity contribution in [1.82, 2.24) is 15.2 Å². The van der Waals surface area contributed by atoms with Crippen molar-refractivity contribution in [2.24, 2.45) is 23.7 Å². The quantitative estimate of drug-likeness (QED) is 0.105. The maximum atomic E-state index is 16.3. The van der Waals surface area contributed by atoms with Crippen molar-refractivity contribution in [3.63, 3.8) is 0 Å². The second-order valence-corrected chi connectivity index (χ2v) is 20.9. The fourth-order valence-corrected chi connectivity index (χ4v) is 11.1. The third kappa shape index (κ3) is 9.75. The molecule has 5 heterocycles. The molecule has 1 unspecified atom stereocenters. The summed E-state index contributed by atoms with van der Waals surface area (Å²) in [5, 5.41) is 50.6. The van der Waals surface area contributed by atoms with Crippen LogP contribution in [-0.4, -0.2) is 111 Å². The Kier molecular flexibility index (Phi) is 15.1. The van der Waals surface area contributed by atoms with Gasteiger partial charge in [0, 0.05) is 87.1 Å². The summed E-state index contributed by atoms with van der Waals surface area (Å²) in [4.78, 5) is 86.5. The Bertz CT molecular complexity index is 3140. The smallest absolute Gasteiger partial charge is 0.312 e. The monoisotopic (exact) mass is 1060 g/mol. The first kappa shape index (κ1) is 54.5. The lowest BCUT2D eigenvalue weighted by Crippen LogP contribution is -2.46. The molecule has 400 valence electrons. The van der Waals surface area contributed by atoms with E-state index >= 15 is 9.18 Å². The zero-order valence-electron chi connectivity index (χ0n) is 43.1. The lowest BCUT2D eigenvalue weighted by Gasteiger charge is -2.38. The average Bonchev–Trinajstić information content (AvgIpc) is 4.05. The molecule has 2 fully saturated rings. The fourth-order valence-electron chi connectivity index (χ4n) is 10.7. The van der Waals surface area contributed by atoms with Crippen molar-refractivity contribution in [2.45, 2.75) is 117 Å². The van der Waals surface area contributed by atoms with Gasteiger partial charge in [-0.15, -0.1) is 0 Å². The highest BCUT2D eigenvalue weighted by Gasteiger charge is 2.53. The number of ether oxygens (including phenoxy) is 4. The summed E-state index contributed by atoms with van der Waals surface area (Å²) >= 11 is 7.03. The van der Waals surface area contributed by atoms with Gasteiger partial charge in [0.05, 0.1) is 68.4 Å². The van der Waals surface area contributed by atoms with Gasteiger partial charge in [0.15, 0.2) is 5.43 Å². The predicted molar refractivity (Wildman–Crippen MR) is 275 cm³/mol. The van der Waals surface area contributed by atoms with Crippen LogP contribution in [-0.2, 0) is 23.8 Å². The molecule has 5 bridgehead atoms. The maximum absolute atomic E-state index is 16.3.